The number of rotatable bonds is 8. The van der Waals surface area contributed by atoms with Crippen LogP contribution in [-0.2, 0) is 11.3 Å². The first kappa shape index (κ1) is 13.9. The van der Waals surface area contributed by atoms with E-state index in [2.05, 4.69) is 25.1 Å². The molecule has 0 bridgehead atoms. The number of aliphatic hydroxyl groups is 1. The highest BCUT2D eigenvalue weighted by molar-refractivity contribution is 5.13. The lowest BCUT2D eigenvalue weighted by Gasteiger charge is -2.04. The lowest BCUT2D eigenvalue weighted by molar-refractivity contribution is 0.118. The molecule has 2 nitrogen and oxygen atoms in total. The van der Waals surface area contributed by atoms with Crippen LogP contribution < -0.4 is 0 Å². The Morgan fingerprint density at radius 3 is 2.76 bits per heavy atom. The third-order valence-electron chi connectivity index (χ3n) is 2.59. The van der Waals surface area contributed by atoms with Crippen LogP contribution in [0.2, 0.25) is 0 Å². The van der Waals surface area contributed by atoms with E-state index in [9.17, 15) is 0 Å². The van der Waals surface area contributed by atoms with Crippen molar-refractivity contribution in [3.63, 3.8) is 0 Å². The van der Waals surface area contributed by atoms with Crippen molar-refractivity contribution in [2.75, 3.05) is 13.2 Å². The second-order valence-corrected chi connectivity index (χ2v) is 4.20. The molecule has 0 spiro atoms. The van der Waals surface area contributed by atoms with Crippen molar-refractivity contribution < 1.29 is 9.84 Å². The third-order valence-corrected chi connectivity index (χ3v) is 2.59. The topological polar surface area (TPSA) is 29.5 Å². The second kappa shape index (κ2) is 8.97. The van der Waals surface area contributed by atoms with Crippen molar-refractivity contribution >= 4 is 0 Å². The summed E-state index contributed by atoms with van der Waals surface area (Å²) in [6.45, 7) is 3.83. The number of hydrogen-bond donors (Lipinski definition) is 1. The van der Waals surface area contributed by atoms with Gasteiger partial charge in [-0.1, -0.05) is 42.0 Å². The van der Waals surface area contributed by atoms with Crippen LogP contribution in [0.4, 0.5) is 0 Å². The highest BCUT2D eigenvalue weighted by Gasteiger charge is 1.93. The quantitative estimate of drug-likeness (QED) is 0.552. The lowest BCUT2D eigenvalue weighted by atomic mass is 10.1. The van der Waals surface area contributed by atoms with Crippen LogP contribution in [0, 0.1) is 0 Å². The molecular formula is C15H22O2. The van der Waals surface area contributed by atoms with Gasteiger partial charge in [0.15, 0.2) is 0 Å². The molecule has 2 heteroatoms. The van der Waals surface area contributed by atoms with Crippen LogP contribution in [0.25, 0.3) is 0 Å². The van der Waals surface area contributed by atoms with Crippen molar-refractivity contribution in [1.29, 1.82) is 0 Å². The Hall–Kier alpha value is -1.12. The van der Waals surface area contributed by atoms with Gasteiger partial charge in [0.1, 0.15) is 0 Å². The number of hydrogen-bond acceptors (Lipinski definition) is 2. The maximum atomic E-state index is 8.68. The van der Waals surface area contributed by atoms with Gasteiger partial charge in [0.25, 0.3) is 0 Å². The lowest BCUT2D eigenvalue weighted by Crippen LogP contribution is -1.95. The minimum atomic E-state index is 0.238. The largest absolute Gasteiger partial charge is 0.396 e. The number of ether oxygens (including phenoxy) is 1. The van der Waals surface area contributed by atoms with E-state index in [0.717, 1.165) is 25.9 Å². The molecule has 0 saturated heterocycles. The van der Waals surface area contributed by atoms with Gasteiger partial charge in [-0.3, -0.25) is 0 Å². The Balaban J connectivity index is 2.05. The average Bonchev–Trinajstić information content (AvgIpc) is 2.37. The molecular weight excluding hydrogens is 212 g/mol. The number of allylic oxidation sites excluding steroid dienone is 1. The minimum Gasteiger partial charge on any atom is -0.396 e. The van der Waals surface area contributed by atoms with E-state index < -0.39 is 0 Å². The van der Waals surface area contributed by atoms with E-state index in [1.807, 2.05) is 18.2 Å². The van der Waals surface area contributed by atoms with Gasteiger partial charge in [-0.05, 0) is 31.7 Å². The van der Waals surface area contributed by atoms with E-state index in [0.29, 0.717) is 6.61 Å². The first-order valence-electron chi connectivity index (χ1n) is 6.21. The Labute approximate surface area is 104 Å². The molecule has 0 aliphatic carbocycles. The van der Waals surface area contributed by atoms with Gasteiger partial charge in [0.05, 0.1) is 6.61 Å². The molecule has 0 aromatic heterocycles. The minimum absolute atomic E-state index is 0.238. The fraction of sp³-hybridized carbons (Fsp3) is 0.467. The second-order valence-electron chi connectivity index (χ2n) is 4.20. The van der Waals surface area contributed by atoms with Gasteiger partial charge in [0, 0.05) is 13.2 Å². The zero-order chi connectivity index (χ0) is 12.3. The number of benzene rings is 1. The number of aliphatic hydroxyl groups excluding tert-OH is 1. The van der Waals surface area contributed by atoms with E-state index >= 15 is 0 Å². The van der Waals surface area contributed by atoms with Crippen molar-refractivity contribution in [1.82, 2.24) is 0 Å². The normalized spacial score (nSPS) is 11.8. The molecule has 0 radical (unpaired) electrons. The Morgan fingerprint density at radius 2 is 2.06 bits per heavy atom. The molecule has 0 unspecified atom stereocenters. The molecule has 0 fully saturated rings. The maximum Gasteiger partial charge on any atom is 0.0716 e. The first-order chi connectivity index (χ1) is 8.33. The zero-order valence-electron chi connectivity index (χ0n) is 10.6. The maximum absolute atomic E-state index is 8.68. The van der Waals surface area contributed by atoms with Crippen molar-refractivity contribution in [2.45, 2.75) is 32.8 Å². The molecule has 0 saturated carbocycles. The van der Waals surface area contributed by atoms with Gasteiger partial charge < -0.3 is 9.84 Å². The summed E-state index contributed by atoms with van der Waals surface area (Å²) in [7, 11) is 0. The van der Waals surface area contributed by atoms with Crippen molar-refractivity contribution in [3.8, 4) is 0 Å². The summed E-state index contributed by atoms with van der Waals surface area (Å²) in [5, 5.41) is 8.68. The predicted octanol–water partition coefficient (Wildman–Crippen LogP) is 3.31. The Kier molecular flexibility index (Phi) is 7.35. The molecule has 0 aliphatic rings. The van der Waals surface area contributed by atoms with E-state index in [-0.39, 0.29) is 6.61 Å². The van der Waals surface area contributed by atoms with Gasteiger partial charge in [-0.25, -0.2) is 0 Å². The molecule has 1 aromatic rings. The fourth-order valence-electron chi connectivity index (χ4n) is 1.63. The summed E-state index contributed by atoms with van der Waals surface area (Å²) in [6.07, 6.45) is 4.95. The summed E-state index contributed by atoms with van der Waals surface area (Å²) >= 11 is 0. The van der Waals surface area contributed by atoms with Crippen LogP contribution in [0.3, 0.4) is 0 Å². The molecule has 0 atom stereocenters. The molecule has 0 heterocycles. The summed E-state index contributed by atoms with van der Waals surface area (Å²) in [6, 6.07) is 10.2. The fourth-order valence-corrected chi connectivity index (χ4v) is 1.63. The molecule has 94 valence electrons. The van der Waals surface area contributed by atoms with Crippen LogP contribution in [0.5, 0.6) is 0 Å². The van der Waals surface area contributed by atoms with Crippen molar-refractivity contribution in [3.05, 3.63) is 47.5 Å². The van der Waals surface area contributed by atoms with Crippen LogP contribution >= 0.6 is 0 Å². The van der Waals surface area contributed by atoms with Gasteiger partial charge >= 0.3 is 0 Å². The Morgan fingerprint density at radius 1 is 1.29 bits per heavy atom. The zero-order valence-corrected chi connectivity index (χ0v) is 10.6. The van der Waals surface area contributed by atoms with Crippen LogP contribution in [-0.4, -0.2) is 18.3 Å². The van der Waals surface area contributed by atoms with Gasteiger partial charge in [-0.2, -0.15) is 0 Å². The molecule has 1 N–H and O–H groups in total. The molecule has 0 aliphatic heterocycles. The molecule has 17 heavy (non-hydrogen) atoms. The van der Waals surface area contributed by atoms with E-state index in [1.54, 1.807) is 0 Å². The Bertz CT molecular complexity index is 317. The van der Waals surface area contributed by atoms with Gasteiger partial charge in [-0.15, -0.1) is 0 Å². The van der Waals surface area contributed by atoms with E-state index in [1.165, 1.54) is 11.1 Å². The highest BCUT2D eigenvalue weighted by Crippen LogP contribution is 2.06. The van der Waals surface area contributed by atoms with Gasteiger partial charge in [0.2, 0.25) is 0 Å². The van der Waals surface area contributed by atoms with E-state index in [4.69, 9.17) is 9.84 Å². The third kappa shape index (κ3) is 6.93. The molecule has 0 amide bonds. The summed E-state index contributed by atoms with van der Waals surface area (Å²) in [5.41, 5.74) is 2.56. The standard InChI is InChI=1S/C15H22O2/c1-14(7-5-11-16)8-6-12-17-13-15-9-3-2-4-10-15/h2-4,7,9-10,16H,5-6,8,11-13H2,1H3/b14-7-. The predicted molar refractivity (Wildman–Crippen MR) is 70.8 cm³/mol. The van der Waals surface area contributed by atoms with Crippen LogP contribution in [0.1, 0.15) is 31.7 Å². The molecule has 1 aromatic carbocycles. The van der Waals surface area contributed by atoms with Crippen molar-refractivity contribution in [2.24, 2.45) is 0 Å². The first-order valence-corrected chi connectivity index (χ1v) is 6.21. The molecule has 1 rings (SSSR count). The highest BCUT2D eigenvalue weighted by atomic mass is 16.5. The monoisotopic (exact) mass is 234 g/mol. The average molecular weight is 234 g/mol. The SMILES string of the molecule is C/C(=C/CCO)CCCOCc1ccccc1. The summed E-state index contributed by atoms with van der Waals surface area (Å²) in [4.78, 5) is 0. The van der Waals surface area contributed by atoms with Crippen LogP contribution in [0.15, 0.2) is 42.0 Å². The summed E-state index contributed by atoms with van der Waals surface area (Å²) < 4.78 is 5.60. The smallest absolute Gasteiger partial charge is 0.0716 e. The summed E-state index contributed by atoms with van der Waals surface area (Å²) in [5.74, 6) is 0.